The lowest BCUT2D eigenvalue weighted by molar-refractivity contribution is 0.574. The molecule has 0 spiro atoms. The van der Waals surface area contributed by atoms with E-state index in [1.54, 1.807) is 0 Å². The van der Waals surface area contributed by atoms with Gasteiger partial charge in [0.15, 0.2) is 0 Å². The smallest absolute Gasteiger partial charge is 0.202 e. The summed E-state index contributed by atoms with van der Waals surface area (Å²) in [6.45, 7) is 2.23. The number of benzene rings is 1. The molecular formula is C11H11F2N3S. The van der Waals surface area contributed by atoms with Gasteiger partial charge in [0.2, 0.25) is 5.13 Å². The van der Waals surface area contributed by atoms with Crippen molar-refractivity contribution >= 4 is 16.7 Å². The minimum absolute atomic E-state index is 0.268. The molecule has 90 valence electrons. The molecule has 1 aromatic carbocycles. The summed E-state index contributed by atoms with van der Waals surface area (Å²) in [4.78, 5) is 4.19. The summed E-state index contributed by atoms with van der Waals surface area (Å²) in [6, 6.07) is 3.52. The number of aryl methyl sites for hydroxylation is 1. The first-order valence-electron chi connectivity index (χ1n) is 5.19. The molecule has 1 aromatic heterocycles. The van der Waals surface area contributed by atoms with Gasteiger partial charge in [-0.1, -0.05) is 13.0 Å². The molecule has 6 heteroatoms. The van der Waals surface area contributed by atoms with E-state index in [2.05, 4.69) is 14.7 Å². The molecule has 2 aromatic rings. The molecule has 0 fully saturated rings. The van der Waals surface area contributed by atoms with Gasteiger partial charge in [-0.25, -0.2) is 13.8 Å². The molecule has 0 bridgehead atoms. The SMILES string of the molecule is CCc1nsc(NCc2ccc(F)cc2F)n1. The summed E-state index contributed by atoms with van der Waals surface area (Å²) >= 11 is 1.23. The first-order chi connectivity index (χ1) is 8.19. The van der Waals surface area contributed by atoms with Crippen LogP contribution in [0.2, 0.25) is 0 Å². The molecule has 2 rings (SSSR count). The molecule has 0 aliphatic heterocycles. The Kier molecular flexibility index (Phi) is 3.63. The van der Waals surface area contributed by atoms with Crippen LogP contribution in [0.1, 0.15) is 18.3 Å². The second-order valence-electron chi connectivity index (χ2n) is 3.46. The number of hydrogen-bond donors (Lipinski definition) is 1. The van der Waals surface area contributed by atoms with Crippen molar-refractivity contribution in [1.82, 2.24) is 9.36 Å². The topological polar surface area (TPSA) is 37.8 Å². The first-order valence-corrected chi connectivity index (χ1v) is 5.96. The second-order valence-corrected chi connectivity index (χ2v) is 4.21. The summed E-state index contributed by atoms with van der Waals surface area (Å²) < 4.78 is 30.1. The van der Waals surface area contributed by atoms with E-state index in [0.29, 0.717) is 10.7 Å². The molecule has 0 saturated heterocycles. The van der Waals surface area contributed by atoms with Crippen LogP contribution in [0.3, 0.4) is 0 Å². The number of rotatable bonds is 4. The largest absolute Gasteiger partial charge is 0.356 e. The highest BCUT2D eigenvalue weighted by Gasteiger charge is 2.05. The average Bonchev–Trinajstić information content (AvgIpc) is 2.76. The van der Waals surface area contributed by atoms with Crippen molar-refractivity contribution < 1.29 is 8.78 Å². The molecule has 0 unspecified atom stereocenters. The van der Waals surface area contributed by atoms with Gasteiger partial charge in [-0.15, -0.1) is 0 Å². The summed E-state index contributed by atoms with van der Waals surface area (Å²) in [6.07, 6.45) is 0.767. The van der Waals surface area contributed by atoms with Crippen molar-refractivity contribution in [1.29, 1.82) is 0 Å². The van der Waals surface area contributed by atoms with Crippen LogP contribution >= 0.6 is 11.5 Å². The highest BCUT2D eigenvalue weighted by Crippen LogP contribution is 2.15. The maximum absolute atomic E-state index is 13.3. The molecule has 0 aliphatic rings. The molecule has 17 heavy (non-hydrogen) atoms. The lowest BCUT2D eigenvalue weighted by Gasteiger charge is -2.03. The van der Waals surface area contributed by atoms with Crippen molar-refractivity contribution in [3.05, 3.63) is 41.2 Å². The number of nitrogens with zero attached hydrogens (tertiary/aromatic N) is 2. The van der Waals surface area contributed by atoms with Gasteiger partial charge in [0, 0.05) is 36.1 Å². The normalized spacial score (nSPS) is 10.5. The monoisotopic (exact) mass is 255 g/mol. The highest BCUT2D eigenvalue weighted by molar-refractivity contribution is 7.09. The fourth-order valence-electron chi connectivity index (χ4n) is 1.31. The summed E-state index contributed by atoms with van der Waals surface area (Å²) in [5.41, 5.74) is 0.402. The molecular weight excluding hydrogens is 244 g/mol. The van der Waals surface area contributed by atoms with Crippen molar-refractivity contribution in [2.24, 2.45) is 0 Å². The maximum Gasteiger partial charge on any atom is 0.202 e. The zero-order chi connectivity index (χ0) is 12.3. The molecule has 0 amide bonds. The van der Waals surface area contributed by atoms with Crippen LogP contribution in [-0.4, -0.2) is 9.36 Å². The van der Waals surface area contributed by atoms with Crippen molar-refractivity contribution in [3.8, 4) is 0 Å². The van der Waals surface area contributed by atoms with Gasteiger partial charge >= 0.3 is 0 Å². The highest BCUT2D eigenvalue weighted by atomic mass is 32.1. The third-order valence-electron chi connectivity index (χ3n) is 2.23. The number of hydrogen-bond acceptors (Lipinski definition) is 4. The summed E-state index contributed by atoms with van der Waals surface area (Å²) in [5.74, 6) is -0.370. The van der Waals surface area contributed by atoms with Crippen LogP contribution in [0.4, 0.5) is 13.9 Å². The van der Waals surface area contributed by atoms with Crippen LogP contribution in [0.15, 0.2) is 18.2 Å². The molecule has 0 radical (unpaired) electrons. The van der Waals surface area contributed by atoms with E-state index in [1.165, 1.54) is 23.7 Å². The lowest BCUT2D eigenvalue weighted by atomic mass is 10.2. The third kappa shape index (κ3) is 2.97. The third-order valence-corrected chi connectivity index (χ3v) is 2.94. The summed E-state index contributed by atoms with van der Waals surface area (Å²) in [7, 11) is 0. The van der Waals surface area contributed by atoms with E-state index in [0.717, 1.165) is 18.3 Å². The van der Waals surface area contributed by atoms with E-state index in [-0.39, 0.29) is 6.54 Å². The zero-order valence-electron chi connectivity index (χ0n) is 9.20. The maximum atomic E-state index is 13.3. The van der Waals surface area contributed by atoms with Gasteiger partial charge in [0.25, 0.3) is 0 Å². The Morgan fingerprint density at radius 1 is 1.35 bits per heavy atom. The van der Waals surface area contributed by atoms with Crippen LogP contribution in [0, 0.1) is 11.6 Å². The van der Waals surface area contributed by atoms with Gasteiger partial charge < -0.3 is 5.32 Å². The van der Waals surface area contributed by atoms with E-state index in [4.69, 9.17) is 0 Å². The van der Waals surface area contributed by atoms with E-state index in [9.17, 15) is 8.78 Å². The van der Waals surface area contributed by atoms with E-state index < -0.39 is 11.6 Å². The molecule has 0 atom stereocenters. The first kappa shape index (κ1) is 11.9. The van der Waals surface area contributed by atoms with Crippen molar-refractivity contribution in [2.75, 3.05) is 5.32 Å². The number of aromatic nitrogens is 2. The zero-order valence-corrected chi connectivity index (χ0v) is 10.0. The van der Waals surface area contributed by atoms with Crippen LogP contribution < -0.4 is 5.32 Å². The van der Waals surface area contributed by atoms with Gasteiger partial charge in [0.1, 0.15) is 17.5 Å². The van der Waals surface area contributed by atoms with Crippen molar-refractivity contribution in [2.45, 2.75) is 19.9 Å². The number of anilines is 1. The number of nitrogens with one attached hydrogen (secondary N) is 1. The second kappa shape index (κ2) is 5.18. The lowest BCUT2D eigenvalue weighted by Crippen LogP contribution is -2.02. The van der Waals surface area contributed by atoms with Gasteiger partial charge in [-0.3, -0.25) is 0 Å². The van der Waals surface area contributed by atoms with Gasteiger partial charge in [-0.05, 0) is 6.07 Å². The Hall–Kier alpha value is -1.56. The Morgan fingerprint density at radius 3 is 2.82 bits per heavy atom. The van der Waals surface area contributed by atoms with Crippen LogP contribution in [-0.2, 0) is 13.0 Å². The standard InChI is InChI=1S/C11H11F2N3S/c1-2-10-15-11(17-16-10)14-6-7-3-4-8(12)5-9(7)13/h3-5H,2,6H2,1H3,(H,14,15,16). The quantitative estimate of drug-likeness (QED) is 0.912. The minimum Gasteiger partial charge on any atom is -0.356 e. The molecule has 1 heterocycles. The Balaban J connectivity index is 2.02. The van der Waals surface area contributed by atoms with Crippen LogP contribution in [0.25, 0.3) is 0 Å². The minimum atomic E-state index is -0.574. The fourth-order valence-corrected chi connectivity index (χ4v) is 1.95. The molecule has 0 saturated carbocycles. The van der Waals surface area contributed by atoms with E-state index >= 15 is 0 Å². The van der Waals surface area contributed by atoms with Gasteiger partial charge in [-0.2, -0.15) is 4.37 Å². The summed E-state index contributed by atoms with van der Waals surface area (Å²) in [5, 5.41) is 3.60. The predicted octanol–water partition coefficient (Wildman–Crippen LogP) is 2.99. The van der Waals surface area contributed by atoms with E-state index in [1.807, 2.05) is 6.92 Å². The Morgan fingerprint density at radius 2 is 2.18 bits per heavy atom. The Bertz CT molecular complexity index is 513. The molecule has 1 N–H and O–H groups in total. The molecule has 3 nitrogen and oxygen atoms in total. The number of halogens is 2. The Labute approximate surface area is 102 Å². The fraction of sp³-hybridized carbons (Fsp3) is 0.273. The van der Waals surface area contributed by atoms with Crippen molar-refractivity contribution in [3.63, 3.8) is 0 Å². The van der Waals surface area contributed by atoms with Crippen LogP contribution in [0.5, 0.6) is 0 Å². The van der Waals surface area contributed by atoms with Gasteiger partial charge in [0.05, 0.1) is 0 Å². The predicted molar refractivity (Wildman–Crippen MR) is 63.0 cm³/mol. The molecule has 0 aliphatic carbocycles. The average molecular weight is 255 g/mol.